The van der Waals surface area contributed by atoms with E-state index in [1.54, 1.807) is 12.1 Å². The Bertz CT molecular complexity index is 973. The summed E-state index contributed by atoms with van der Waals surface area (Å²) in [7, 11) is 0. The van der Waals surface area contributed by atoms with Crippen molar-refractivity contribution in [2.24, 2.45) is 0 Å². The smallest absolute Gasteiger partial charge is 0.305 e. The molecule has 0 radical (unpaired) electrons. The number of carbonyl (C=O) groups excluding carboxylic acids is 1. The molecule has 27 heavy (non-hydrogen) atoms. The molecule has 8 heteroatoms. The fraction of sp³-hybridized carbons (Fsp3) is 0.263. The highest BCUT2D eigenvalue weighted by Gasteiger charge is 2.15. The molecule has 8 nitrogen and oxygen atoms in total. The van der Waals surface area contributed by atoms with Crippen molar-refractivity contribution < 1.29 is 14.7 Å². The van der Waals surface area contributed by atoms with Crippen LogP contribution in [-0.4, -0.2) is 36.5 Å². The fourth-order valence-electron chi connectivity index (χ4n) is 2.77. The first-order valence-corrected chi connectivity index (χ1v) is 8.58. The maximum absolute atomic E-state index is 12.5. The summed E-state index contributed by atoms with van der Waals surface area (Å²) in [6, 6.07) is 11.4. The van der Waals surface area contributed by atoms with Gasteiger partial charge in [-0.3, -0.25) is 19.0 Å². The van der Waals surface area contributed by atoms with Crippen molar-refractivity contribution >= 4 is 17.7 Å². The summed E-state index contributed by atoms with van der Waals surface area (Å²) in [5.74, 6) is -0.877. The molecule has 0 aliphatic rings. The minimum Gasteiger partial charge on any atom is -0.481 e. The van der Waals surface area contributed by atoms with E-state index in [9.17, 15) is 9.59 Å². The van der Waals surface area contributed by atoms with Crippen molar-refractivity contribution in [2.45, 2.75) is 33.4 Å². The van der Waals surface area contributed by atoms with Gasteiger partial charge in [-0.2, -0.15) is 10.2 Å². The Balaban J connectivity index is 1.72. The van der Waals surface area contributed by atoms with Gasteiger partial charge in [-0.15, -0.1) is 0 Å². The lowest BCUT2D eigenvalue weighted by Gasteiger charge is -2.08. The zero-order valence-electron chi connectivity index (χ0n) is 15.2. The number of hydrogen-bond donors (Lipinski definition) is 2. The molecule has 2 heterocycles. The molecular weight excluding hydrogens is 346 g/mol. The quantitative estimate of drug-likeness (QED) is 0.668. The largest absolute Gasteiger partial charge is 0.481 e. The number of carboxylic acid groups (broad SMARTS) is 1. The number of aryl methyl sites for hydroxylation is 3. The summed E-state index contributed by atoms with van der Waals surface area (Å²) in [5, 5.41) is 20.0. The lowest BCUT2D eigenvalue weighted by molar-refractivity contribution is -0.137. The molecule has 0 fully saturated rings. The third-order valence-electron chi connectivity index (χ3n) is 4.29. The van der Waals surface area contributed by atoms with E-state index in [1.165, 1.54) is 16.4 Å². The molecule has 0 aliphatic heterocycles. The van der Waals surface area contributed by atoms with Crippen molar-refractivity contribution in [3.8, 4) is 0 Å². The van der Waals surface area contributed by atoms with Crippen LogP contribution in [0.25, 0.3) is 0 Å². The molecule has 2 N–H and O–H groups in total. The zero-order chi connectivity index (χ0) is 19.4. The minimum atomic E-state index is -0.942. The standard InChI is InChI=1S/C19H21N5O3/c1-13-5-3-4-6-15(13)12-24-14(2)11-17(22-24)21-19(27)16-7-9-20-23(16)10-8-18(25)26/h3-7,9,11H,8,10,12H2,1-2H3,(H,25,26)(H,21,22,27). The second-order valence-corrected chi connectivity index (χ2v) is 6.29. The van der Waals surface area contributed by atoms with E-state index >= 15 is 0 Å². The Morgan fingerprint density at radius 2 is 1.93 bits per heavy atom. The minimum absolute atomic E-state index is 0.105. The molecule has 1 aromatic carbocycles. The van der Waals surface area contributed by atoms with Gasteiger partial charge in [0.25, 0.3) is 5.91 Å². The number of aliphatic carboxylic acids is 1. The molecule has 2 aromatic heterocycles. The van der Waals surface area contributed by atoms with Crippen molar-refractivity contribution in [3.05, 3.63) is 65.1 Å². The van der Waals surface area contributed by atoms with Gasteiger partial charge in [-0.25, -0.2) is 0 Å². The summed E-state index contributed by atoms with van der Waals surface area (Å²) in [5.41, 5.74) is 3.56. The number of anilines is 1. The van der Waals surface area contributed by atoms with Crippen LogP contribution in [0, 0.1) is 13.8 Å². The van der Waals surface area contributed by atoms with Gasteiger partial charge in [0.15, 0.2) is 5.82 Å². The zero-order valence-corrected chi connectivity index (χ0v) is 15.2. The van der Waals surface area contributed by atoms with Crippen LogP contribution in [0.5, 0.6) is 0 Å². The Morgan fingerprint density at radius 3 is 2.67 bits per heavy atom. The molecule has 0 bridgehead atoms. The van der Waals surface area contributed by atoms with Crippen LogP contribution in [0.3, 0.4) is 0 Å². The number of amides is 1. The number of rotatable bonds is 7. The average molecular weight is 367 g/mol. The lowest BCUT2D eigenvalue weighted by atomic mass is 10.1. The Kier molecular flexibility index (Phi) is 5.35. The van der Waals surface area contributed by atoms with Gasteiger partial charge in [0.1, 0.15) is 5.69 Å². The van der Waals surface area contributed by atoms with Crippen LogP contribution >= 0.6 is 0 Å². The molecule has 3 rings (SSSR count). The summed E-state index contributed by atoms with van der Waals surface area (Å²) < 4.78 is 3.21. The van der Waals surface area contributed by atoms with Crippen LogP contribution in [-0.2, 0) is 17.9 Å². The maximum atomic E-state index is 12.5. The summed E-state index contributed by atoms with van der Waals surface area (Å²) in [4.78, 5) is 23.2. The average Bonchev–Trinajstić information content (AvgIpc) is 3.22. The van der Waals surface area contributed by atoms with Gasteiger partial charge >= 0.3 is 5.97 Å². The van der Waals surface area contributed by atoms with Crippen LogP contribution in [0.4, 0.5) is 5.82 Å². The van der Waals surface area contributed by atoms with E-state index in [1.807, 2.05) is 23.7 Å². The van der Waals surface area contributed by atoms with Crippen LogP contribution in [0.1, 0.15) is 33.7 Å². The number of nitrogens with one attached hydrogen (secondary N) is 1. The predicted octanol–water partition coefficient (Wildman–Crippen LogP) is 2.47. The summed E-state index contributed by atoms with van der Waals surface area (Å²) >= 11 is 0. The third-order valence-corrected chi connectivity index (χ3v) is 4.29. The Hall–Kier alpha value is -3.42. The maximum Gasteiger partial charge on any atom is 0.305 e. The highest BCUT2D eigenvalue weighted by Crippen LogP contribution is 2.15. The van der Waals surface area contributed by atoms with Crippen molar-refractivity contribution in [3.63, 3.8) is 0 Å². The van der Waals surface area contributed by atoms with Gasteiger partial charge in [0.05, 0.1) is 19.5 Å². The number of aromatic nitrogens is 4. The molecule has 0 saturated heterocycles. The lowest BCUT2D eigenvalue weighted by Crippen LogP contribution is -2.19. The molecule has 0 spiro atoms. The first-order valence-electron chi connectivity index (χ1n) is 8.58. The topological polar surface area (TPSA) is 102 Å². The van der Waals surface area contributed by atoms with Crippen molar-refractivity contribution in [1.29, 1.82) is 0 Å². The second-order valence-electron chi connectivity index (χ2n) is 6.29. The molecular formula is C19H21N5O3. The van der Waals surface area contributed by atoms with E-state index in [2.05, 4.69) is 34.6 Å². The first-order chi connectivity index (χ1) is 12.9. The van der Waals surface area contributed by atoms with E-state index in [-0.39, 0.29) is 18.9 Å². The van der Waals surface area contributed by atoms with Crippen molar-refractivity contribution in [2.75, 3.05) is 5.32 Å². The number of hydrogen-bond acceptors (Lipinski definition) is 4. The number of carboxylic acids is 1. The second kappa shape index (κ2) is 7.86. The normalized spacial score (nSPS) is 10.7. The highest BCUT2D eigenvalue weighted by molar-refractivity contribution is 6.02. The van der Waals surface area contributed by atoms with Crippen LogP contribution in [0.15, 0.2) is 42.6 Å². The molecule has 3 aromatic rings. The van der Waals surface area contributed by atoms with Gasteiger partial charge in [0, 0.05) is 18.0 Å². The summed E-state index contributed by atoms with van der Waals surface area (Å²) in [6.45, 7) is 4.73. The van der Waals surface area contributed by atoms with Gasteiger partial charge in [-0.05, 0) is 31.0 Å². The molecule has 0 aliphatic carbocycles. The predicted molar refractivity (Wildman–Crippen MR) is 99.7 cm³/mol. The number of nitrogens with zero attached hydrogens (tertiary/aromatic N) is 4. The Labute approximate surface area is 156 Å². The van der Waals surface area contributed by atoms with Crippen LogP contribution < -0.4 is 5.32 Å². The molecule has 0 unspecified atom stereocenters. The van der Waals surface area contributed by atoms with Gasteiger partial charge < -0.3 is 10.4 Å². The number of carbonyl (C=O) groups is 2. The van der Waals surface area contributed by atoms with E-state index in [0.29, 0.717) is 18.1 Å². The monoisotopic (exact) mass is 367 g/mol. The fourth-order valence-corrected chi connectivity index (χ4v) is 2.77. The first kappa shape index (κ1) is 18.4. The molecule has 0 saturated carbocycles. The van der Waals surface area contributed by atoms with E-state index in [0.717, 1.165) is 11.3 Å². The van der Waals surface area contributed by atoms with Gasteiger partial charge in [-0.1, -0.05) is 24.3 Å². The van der Waals surface area contributed by atoms with Crippen molar-refractivity contribution in [1.82, 2.24) is 19.6 Å². The molecule has 1 amide bonds. The van der Waals surface area contributed by atoms with Crippen LogP contribution in [0.2, 0.25) is 0 Å². The summed E-state index contributed by atoms with van der Waals surface area (Å²) in [6.07, 6.45) is 1.37. The van der Waals surface area contributed by atoms with E-state index in [4.69, 9.17) is 5.11 Å². The van der Waals surface area contributed by atoms with Gasteiger partial charge in [0.2, 0.25) is 0 Å². The SMILES string of the molecule is Cc1ccccc1Cn1nc(NC(=O)c2ccnn2CCC(=O)O)cc1C. The van der Waals surface area contributed by atoms with E-state index < -0.39 is 5.97 Å². The molecule has 140 valence electrons. The highest BCUT2D eigenvalue weighted by atomic mass is 16.4. The number of benzene rings is 1. The molecule has 0 atom stereocenters. The third kappa shape index (κ3) is 4.41. The Morgan fingerprint density at radius 1 is 1.15 bits per heavy atom.